The Labute approximate surface area is 167 Å². The third kappa shape index (κ3) is 2.68. The number of ether oxygens (including phenoxy) is 1. The number of nitrogens with zero attached hydrogens (tertiary/aromatic N) is 4. The van der Waals surface area contributed by atoms with E-state index in [0.717, 1.165) is 40.7 Å². The maximum Gasteiger partial charge on any atom is 0.179 e. The smallest absolute Gasteiger partial charge is 0.179 e. The zero-order valence-corrected chi connectivity index (χ0v) is 17.1. The molecule has 0 radical (unpaired) electrons. The van der Waals surface area contributed by atoms with E-state index in [0.29, 0.717) is 34.9 Å². The quantitative estimate of drug-likeness (QED) is 0.265. The SMILES string of the molecule is COCc1cc(C)nc2sc(C(=O)C34CC5CC(CC(C5)C3)C4)c(N=[N+]=[N-])c12. The summed E-state index contributed by atoms with van der Waals surface area (Å²) in [6, 6.07) is 1.95. The molecular weight excluding hydrogens is 372 g/mol. The summed E-state index contributed by atoms with van der Waals surface area (Å²) in [7, 11) is 1.64. The predicted octanol–water partition coefficient (Wildman–Crippen LogP) is 6.09. The van der Waals surface area contributed by atoms with Crippen LogP contribution in [0.15, 0.2) is 11.2 Å². The first-order valence-electron chi connectivity index (χ1n) is 10.0. The first-order valence-corrected chi connectivity index (χ1v) is 10.9. The second kappa shape index (κ2) is 6.55. The van der Waals surface area contributed by atoms with Crippen molar-refractivity contribution in [2.45, 2.75) is 52.1 Å². The molecule has 4 fully saturated rings. The molecule has 0 unspecified atom stereocenters. The Morgan fingerprint density at radius 2 is 1.96 bits per heavy atom. The number of carbonyl (C=O) groups excluding carboxylic acids is 1. The molecule has 4 aliphatic rings. The van der Waals surface area contributed by atoms with Gasteiger partial charge >= 0.3 is 0 Å². The number of thiophene rings is 1. The first-order chi connectivity index (χ1) is 13.5. The van der Waals surface area contributed by atoms with Gasteiger partial charge in [-0.05, 0) is 80.4 Å². The van der Waals surface area contributed by atoms with Gasteiger partial charge in [0.1, 0.15) is 4.83 Å². The Balaban J connectivity index is 1.66. The second-order valence-corrected chi connectivity index (χ2v) is 10.0. The number of pyridine rings is 1. The molecule has 6 rings (SSSR count). The van der Waals surface area contributed by atoms with Crippen LogP contribution in [0, 0.1) is 30.1 Å². The summed E-state index contributed by atoms with van der Waals surface area (Å²) in [5, 5.41) is 4.77. The van der Waals surface area contributed by atoms with Crippen LogP contribution >= 0.6 is 11.3 Å². The molecule has 0 amide bonds. The number of hydrogen-bond acceptors (Lipinski definition) is 5. The molecule has 7 heteroatoms. The van der Waals surface area contributed by atoms with Gasteiger partial charge in [-0.2, -0.15) is 0 Å². The number of carbonyl (C=O) groups is 1. The molecular formula is C21H24N4O2S. The van der Waals surface area contributed by atoms with E-state index in [4.69, 9.17) is 4.74 Å². The van der Waals surface area contributed by atoms with Gasteiger partial charge in [0.2, 0.25) is 0 Å². The van der Waals surface area contributed by atoms with E-state index in [1.807, 2.05) is 13.0 Å². The fourth-order valence-corrected chi connectivity index (χ4v) is 7.75. The molecule has 4 aliphatic carbocycles. The number of azide groups is 1. The molecule has 0 aromatic carbocycles. The van der Waals surface area contributed by atoms with Crippen molar-refractivity contribution in [3.8, 4) is 0 Å². The molecule has 2 aromatic rings. The highest BCUT2D eigenvalue weighted by molar-refractivity contribution is 7.21. The molecule has 0 atom stereocenters. The van der Waals surface area contributed by atoms with Gasteiger partial charge in [0.05, 0.1) is 17.2 Å². The maximum atomic E-state index is 13.9. The zero-order valence-electron chi connectivity index (χ0n) is 16.3. The van der Waals surface area contributed by atoms with E-state index in [2.05, 4.69) is 15.0 Å². The fourth-order valence-electron chi connectivity index (χ4n) is 6.49. The highest BCUT2D eigenvalue weighted by atomic mass is 32.1. The average Bonchev–Trinajstić information content (AvgIpc) is 2.98. The molecule has 4 bridgehead atoms. The van der Waals surface area contributed by atoms with Crippen LogP contribution in [0.4, 0.5) is 5.69 Å². The van der Waals surface area contributed by atoms with Crippen LogP contribution in [0.1, 0.15) is 59.5 Å². The van der Waals surface area contributed by atoms with Crippen LogP contribution < -0.4 is 0 Å². The normalized spacial score (nSPS) is 30.6. The Bertz CT molecular complexity index is 986. The third-order valence-electron chi connectivity index (χ3n) is 7.02. The first kappa shape index (κ1) is 18.1. The Kier molecular flexibility index (Phi) is 4.23. The van der Waals surface area contributed by atoms with Crippen LogP contribution in [-0.2, 0) is 11.3 Å². The van der Waals surface area contributed by atoms with Gasteiger partial charge < -0.3 is 4.74 Å². The van der Waals surface area contributed by atoms with E-state index < -0.39 is 0 Å². The number of aryl methyl sites for hydroxylation is 1. The van der Waals surface area contributed by atoms with Crippen molar-refractivity contribution in [2.75, 3.05) is 7.11 Å². The Morgan fingerprint density at radius 1 is 1.32 bits per heavy atom. The molecule has 0 aliphatic heterocycles. The molecule has 6 nitrogen and oxygen atoms in total. The maximum absolute atomic E-state index is 13.9. The van der Waals surface area contributed by atoms with E-state index >= 15 is 0 Å². The minimum Gasteiger partial charge on any atom is -0.380 e. The van der Waals surface area contributed by atoms with Gasteiger partial charge in [0.15, 0.2) is 5.78 Å². The van der Waals surface area contributed by atoms with Gasteiger partial charge in [-0.25, -0.2) is 4.98 Å². The number of Topliss-reactive ketones (excluding diaryl/α,β-unsaturated/α-hetero) is 1. The van der Waals surface area contributed by atoms with Crippen LogP contribution in [-0.4, -0.2) is 17.9 Å². The molecule has 0 saturated heterocycles. The number of hydrogen-bond donors (Lipinski definition) is 0. The standard InChI is InChI=1S/C21H24N4O2S/c1-11-3-15(10-27-2)16-17(24-25-22)18(28-20(16)23-11)19(26)21-7-12-4-13(8-21)6-14(5-12)9-21/h3,12-14H,4-10H2,1-2H3. The van der Waals surface area contributed by atoms with E-state index in [-0.39, 0.29) is 11.2 Å². The molecule has 4 saturated carbocycles. The van der Waals surface area contributed by atoms with Crippen LogP contribution in [0.25, 0.3) is 20.7 Å². The summed E-state index contributed by atoms with van der Waals surface area (Å²) in [5.41, 5.74) is 11.2. The van der Waals surface area contributed by atoms with E-state index in [1.54, 1.807) is 7.11 Å². The summed E-state index contributed by atoms with van der Waals surface area (Å²) < 4.78 is 5.35. The number of fused-ring (bicyclic) bond motifs is 1. The predicted molar refractivity (Wildman–Crippen MR) is 109 cm³/mol. The van der Waals surface area contributed by atoms with Gasteiger partial charge in [0.25, 0.3) is 0 Å². The molecule has 0 N–H and O–H groups in total. The van der Waals surface area contributed by atoms with Crippen LogP contribution in [0.3, 0.4) is 0 Å². The number of methoxy groups -OCH3 is 1. The summed E-state index contributed by atoms with van der Waals surface area (Å²) in [6.45, 7) is 2.33. The Hall–Kier alpha value is -1.95. The van der Waals surface area contributed by atoms with Gasteiger partial charge in [-0.1, -0.05) is 5.11 Å². The largest absolute Gasteiger partial charge is 0.380 e. The lowest BCUT2D eigenvalue weighted by Gasteiger charge is -2.55. The lowest BCUT2D eigenvalue weighted by Crippen LogP contribution is -2.49. The van der Waals surface area contributed by atoms with Crippen molar-refractivity contribution < 1.29 is 9.53 Å². The zero-order chi connectivity index (χ0) is 19.5. The number of aromatic nitrogens is 1. The minimum atomic E-state index is -0.258. The molecule has 146 valence electrons. The van der Waals surface area contributed by atoms with Crippen LogP contribution in [0.2, 0.25) is 0 Å². The van der Waals surface area contributed by atoms with Crippen molar-refractivity contribution in [3.63, 3.8) is 0 Å². The molecule has 2 heterocycles. The molecule has 2 aromatic heterocycles. The number of rotatable bonds is 5. The summed E-state index contributed by atoms with van der Waals surface area (Å²) in [6.07, 6.45) is 6.88. The van der Waals surface area contributed by atoms with Crippen LogP contribution in [0.5, 0.6) is 0 Å². The fraction of sp³-hybridized carbons (Fsp3) is 0.619. The topological polar surface area (TPSA) is 88.0 Å². The van der Waals surface area contributed by atoms with E-state index in [1.165, 1.54) is 30.6 Å². The lowest BCUT2D eigenvalue weighted by atomic mass is 9.48. The lowest BCUT2D eigenvalue weighted by molar-refractivity contribution is -0.0350. The summed E-state index contributed by atoms with van der Waals surface area (Å²) >= 11 is 1.39. The summed E-state index contributed by atoms with van der Waals surface area (Å²) in [5.74, 6) is 2.27. The van der Waals surface area contributed by atoms with Gasteiger partial charge in [-0.15, -0.1) is 11.3 Å². The Morgan fingerprint density at radius 3 is 2.54 bits per heavy atom. The monoisotopic (exact) mass is 396 g/mol. The van der Waals surface area contributed by atoms with Crippen molar-refractivity contribution in [1.82, 2.24) is 4.98 Å². The average molecular weight is 397 g/mol. The highest BCUT2D eigenvalue weighted by Gasteiger charge is 2.55. The van der Waals surface area contributed by atoms with E-state index in [9.17, 15) is 10.3 Å². The van der Waals surface area contributed by atoms with Crippen molar-refractivity contribution in [2.24, 2.45) is 28.3 Å². The summed E-state index contributed by atoms with van der Waals surface area (Å²) in [4.78, 5) is 22.9. The third-order valence-corrected chi connectivity index (χ3v) is 8.09. The van der Waals surface area contributed by atoms with Crippen molar-refractivity contribution in [1.29, 1.82) is 0 Å². The highest BCUT2D eigenvalue weighted by Crippen LogP contribution is 2.62. The molecule has 28 heavy (non-hydrogen) atoms. The molecule has 0 spiro atoms. The number of ketones is 1. The minimum absolute atomic E-state index is 0.193. The van der Waals surface area contributed by atoms with Crippen molar-refractivity contribution >= 4 is 33.0 Å². The van der Waals surface area contributed by atoms with Crippen molar-refractivity contribution in [3.05, 3.63) is 32.6 Å². The second-order valence-electron chi connectivity index (χ2n) is 9.03. The van der Waals surface area contributed by atoms with Gasteiger partial charge in [0, 0.05) is 28.5 Å². The van der Waals surface area contributed by atoms with Gasteiger partial charge in [-0.3, -0.25) is 4.79 Å².